The maximum absolute atomic E-state index is 13.8. The molecule has 0 N–H and O–H groups in total. The van der Waals surface area contributed by atoms with Crippen molar-refractivity contribution in [3.8, 4) is 0 Å². The van der Waals surface area contributed by atoms with Crippen LogP contribution >= 0.6 is 11.3 Å². The number of para-hydroxylation sites is 1. The number of nitrogens with zero attached hydrogens (tertiary/aromatic N) is 4. The Kier molecular flexibility index (Phi) is 6.50. The van der Waals surface area contributed by atoms with Gasteiger partial charge in [-0.05, 0) is 56.5 Å². The van der Waals surface area contributed by atoms with Gasteiger partial charge in [0.2, 0.25) is 10.0 Å². The lowest BCUT2D eigenvalue weighted by molar-refractivity contribution is 0.0988. The van der Waals surface area contributed by atoms with Crippen LogP contribution in [0.1, 0.15) is 36.5 Å². The van der Waals surface area contributed by atoms with Crippen molar-refractivity contribution in [2.75, 3.05) is 43.5 Å². The maximum atomic E-state index is 13.8. The van der Waals surface area contributed by atoms with E-state index >= 15 is 0 Å². The quantitative estimate of drug-likeness (QED) is 0.537. The van der Waals surface area contributed by atoms with E-state index in [1.807, 2.05) is 31.2 Å². The number of carbonyl (C=O) groups excluding carboxylic acids is 1. The summed E-state index contributed by atoms with van der Waals surface area (Å²) in [6.45, 7) is 4.05. The average molecular weight is 473 g/mol. The van der Waals surface area contributed by atoms with E-state index in [4.69, 9.17) is 0 Å². The van der Waals surface area contributed by atoms with E-state index in [2.05, 4.69) is 9.88 Å². The summed E-state index contributed by atoms with van der Waals surface area (Å²) in [6.07, 6.45) is 3.28. The summed E-state index contributed by atoms with van der Waals surface area (Å²) in [4.78, 5) is 22.4. The van der Waals surface area contributed by atoms with Crippen molar-refractivity contribution in [3.05, 3.63) is 48.0 Å². The molecule has 2 aromatic carbocycles. The summed E-state index contributed by atoms with van der Waals surface area (Å²) in [5, 5.41) is 0.615. The molecule has 2 heterocycles. The molecule has 0 bridgehead atoms. The van der Waals surface area contributed by atoms with Crippen molar-refractivity contribution in [3.63, 3.8) is 0 Å². The van der Waals surface area contributed by atoms with Gasteiger partial charge < -0.3 is 4.90 Å². The minimum atomic E-state index is -3.67. The second-order valence-electron chi connectivity index (χ2n) is 8.03. The number of hydrogen-bond acceptors (Lipinski definition) is 6. The van der Waals surface area contributed by atoms with Gasteiger partial charge in [0.1, 0.15) is 0 Å². The Morgan fingerprint density at radius 3 is 2.47 bits per heavy atom. The number of hydrogen-bond donors (Lipinski definition) is 0. The number of rotatable bonds is 6. The summed E-state index contributed by atoms with van der Waals surface area (Å²) in [5.41, 5.74) is 2.03. The summed E-state index contributed by atoms with van der Waals surface area (Å²) in [5.74, 6) is -0.233. The predicted molar refractivity (Wildman–Crippen MR) is 130 cm³/mol. The van der Waals surface area contributed by atoms with E-state index in [-0.39, 0.29) is 10.8 Å². The highest BCUT2D eigenvalue weighted by molar-refractivity contribution is 7.89. The SMILES string of the molecule is CCN(C(=O)c1cc(S(=O)(=O)N(C)C)ccc1N1CCCCC1)c1nc2ccccc2s1. The smallest absolute Gasteiger partial charge is 0.262 e. The molecule has 0 spiro atoms. The van der Waals surface area contributed by atoms with Crippen molar-refractivity contribution < 1.29 is 13.2 Å². The average Bonchev–Trinajstić information content (AvgIpc) is 3.23. The van der Waals surface area contributed by atoms with Gasteiger partial charge in [0, 0.05) is 39.4 Å². The number of fused-ring (bicyclic) bond motifs is 1. The highest BCUT2D eigenvalue weighted by Crippen LogP contribution is 2.33. The van der Waals surface area contributed by atoms with Crippen molar-refractivity contribution in [1.82, 2.24) is 9.29 Å². The third-order valence-electron chi connectivity index (χ3n) is 5.75. The van der Waals surface area contributed by atoms with Crippen LogP contribution in [0.2, 0.25) is 0 Å². The zero-order valence-electron chi connectivity index (χ0n) is 18.6. The van der Waals surface area contributed by atoms with E-state index in [1.54, 1.807) is 17.0 Å². The second kappa shape index (κ2) is 9.17. The molecular weight excluding hydrogens is 444 g/mol. The fourth-order valence-electron chi connectivity index (χ4n) is 3.95. The van der Waals surface area contributed by atoms with Crippen LogP contribution in [0.3, 0.4) is 0 Å². The number of sulfonamides is 1. The molecule has 0 radical (unpaired) electrons. The van der Waals surface area contributed by atoms with E-state index in [1.165, 1.54) is 42.2 Å². The van der Waals surface area contributed by atoms with Gasteiger partial charge in [-0.3, -0.25) is 9.69 Å². The van der Waals surface area contributed by atoms with Crippen LogP contribution in [0.15, 0.2) is 47.4 Å². The van der Waals surface area contributed by atoms with Crippen LogP contribution in [0.4, 0.5) is 10.8 Å². The van der Waals surface area contributed by atoms with Crippen LogP contribution in [-0.4, -0.2) is 57.3 Å². The first kappa shape index (κ1) is 22.7. The van der Waals surface area contributed by atoms with Crippen LogP contribution < -0.4 is 9.80 Å². The third kappa shape index (κ3) is 4.24. The zero-order chi connectivity index (χ0) is 22.9. The molecule has 3 aromatic rings. The molecule has 32 heavy (non-hydrogen) atoms. The number of aromatic nitrogens is 1. The van der Waals surface area contributed by atoms with Gasteiger partial charge in [-0.25, -0.2) is 17.7 Å². The minimum absolute atomic E-state index is 0.118. The lowest BCUT2D eigenvalue weighted by atomic mass is 10.1. The monoisotopic (exact) mass is 472 g/mol. The van der Waals surface area contributed by atoms with Crippen LogP contribution in [-0.2, 0) is 10.0 Å². The first-order chi connectivity index (χ1) is 15.3. The largest absolute Gasteiger partial charge is 0.371 e. The molecule has 1 aliphatic heterocycles. The number of anilines is 2. The summed E-state index contributed by atoms with van der Waals surface area (Å²) in [6, 6.07) is 12.7. The maximum Gasteiger partial charge on any atom is 0.262 e. The molecule has 0 saturated carbocycles. The first-order valence-corrected chi connectivity index (χ1v) is 13.1. The topological polar surface area (TPSA) is 73.8 Å². The molecule has 170 valence electrons. The molecule has 1 aromatic heterocycles. The Morgan fingerprint density at radius 1 is 1.09 bits per heavy atom. The lowest BCUT2D eigenvalue weighted by Crippen LogP contribution is -2.35. The van der Waals surface area contributed by atoms with Crippen molar-refractivity contribution in [2.24, 2.45) is 0 Å². The molecule has 0 atom stereocenters. The van der Waals surface area contributed by atoms with Crippen molar-refractivity contribution >= 4 is 48.3 Å². The molecule has 1 aliphatic rings. The zero-order valence-corrected chi connectivity index (χ0v) is 20.2. The molecule has 1 fully saturated rings. The van der Waals surface area contributed by atoms with E-state index in [9.17, 15) is 13.2 Å². The summed E-state index contributed by atoms with van der Waals surface area (Å²) >= 11 is 1.46. The first-order valence-electron chi connectivity index (χ1n) is 10.8. The number of thiazole rings is 1. The van der Waals surface area contributed by atoms with Crippen molar-refractivity contribution in [1.29, 1.82) is 0 Å². The van der Waals surface area contributed by atoms with Gasteiger partial charge in [0.15, 0.2) is 5.13 Å². The number of amides is 1. The van der Waals surface area contributed by atoms with Crippen LogP contribution in [0.5, 0.6) is 0 Å². The molecule has 1 amide bonds. The van der Waals surface area contributed by atoms with Gasteiger partial charge in [-0.2, -0.15) is 0 Å². The normalized spacial score (nSPS) is 14.8. The van der Waals surface area contributed by atoms with Gasteiger partial charge >= 0.3 is 0 Å². The van der Waals surface area contributed by atoms with Crippen LogP contribution in [0, 0.1) is 0 Å². The minimum Gasteiger partial charge on any atom is -0.371 e. The van der Waals surface area contributed by atoms with Gasteiger partial charge in [-0.1, -0.05) is 23.5 Å². The Labute approximate surface area is 193 Å². The Morgan fingerprint density at radius 2 is 1.81 bits per heavy atom. The standard InChI is InChI=1S/C23H28N4O3S2/c1-4-27(23-24-19-10-6-7-11-21(19)31-23)22(28)18-16-17(32(29,30)25(2)3)12-13-20(18)26-14-8-5-9-15-26/h6-7,10-13,16H,4-5,8-9,14-15H2,1-3H3. The lowest BCUT2D eigenvalue weighted by Gasteiger charge is -2.31. The summed E-state index contributed by atoms with van der Waals surface area (Å²) < 4.78 is 27.8. The molecule has 0 aliphatic carbocycles. The predicted octanol–water partition coefficient (Wildman–Crippen LogP) is 4.20. The number of piperidine rings is 1. The number of carbonyl (C=O) groups is 1. The molecule has 0 unspecified atom stereocenters. The fraction of sp³-hybridized carbons (Fsp3) is 0.391. The third-order valence-corrected chi connectivity index (χ3v) is 8.62. The van der Waals surface area contributed by atoms with Gasteiger partial charge in [0.05, 0.1) is 20.7 Å². The van der Waals surface area contributed by atoms with E-state index in [0.29, 0.717) is 17.2 Å². The molecule has 7 nitrogen and oxygen atoms in total. The second-order valence-corrected chi connectivity index (χ2v) is 11.2. The molecule has 9 heteroatoms. The summed E-state index contributed by atoms with van der Waals surface area (Å²) in [7, 11) is -0.677. The Balaban J connectivity index is 1.81. The molecule has 1 saturated heterocycles. The fourth-order valence-corrected chi connectivity index (χ4v) is 5.91. The van der Waals surface area contributed by atoms with Gasteiger partial charge in [0.25, 0.3) is 5.91 Å². The highest BCUT2D eigenvalue weighted by atomic mass is 32.2. The van der Waals surface area contributed by atoms with E-state index < -0.39 is 10.0 Å². The number of benzene rings is 2. The van der Waals surface area contributed by atoms with E-state index in [0.717, 1.165) is 41.8 Å². The Hall–Kier alpha value is -2.49. The molecular formula is C23H28N4O3S2. The van der Waals surface area contributed by atoms with Crippen LogP contribution in [0.25, 0.3) is 10.2 Å². The van der Waals surface area contributed by atoms with Crippen molar-refractivity contribution in [2.45, 2.75) is 31.1 Å². The van der Waals surface area contributed by atoms with Gasteiger partial charge in [-0.15, -0.1) is 0 Å². The Bertz CT molecular complexity index is 1200. The highest BCUT2D eigenvalue weighted by Gasteiger charge is 2.28. The molecule has 4 rings (SSSR count).